The number of ether oxygens (including phenoxy) is 1. The normalized spacial score (nSPS) is 18.0. The summed E-state index contributed by atoms with van der Waals surface area (Å²) in [4.78, 5) is 10.8. The molecule has 0 aliphatic carbocycles. The van der Waals surface area contributed by atoms with Gasteiger partial charge in [-0.15, -0.1) is 0 Å². The van der Waals surface area contributed by atoms with Crippen LogP contribution in [0.15, 0.2) is 12.4 Å². The predicted molar refractivity (Wildman–Crippen MR) is 76.5 cm³/mol. The van der Waals surface area contributed by atoms with Crippen molar-refractivity contribution in [1.82, 2.24) is 14.9 Å². The zero-order valence-electron chi connectivity index (χ0n) is 11.7. The average Bonchev–Trinajstić information content (AvgIpc) is 2.40. The van der Waals surface area contributed by atoms with Crippen molar-refractivity contribution in [3.63, 3.8) is 0 Å². The summed E-state index contributed by atoms with van der Waals surface area (Å²) in [5, 5.41) is 6.60. The Hall–Kier alpha value is -1.40. The second-order valence-electron chi connectivity index (χ2n) is 4.78. The van der Waals surface area contributed by atoms with Crippen LogP contribution in [0.25, 0.3) is 0 Å². The second-order valence-corrected chi connectivity index (χ2v) is 4.78. The van der Waals surface area contributed by atoms with E-state index in [-0.39, 0.29) is 0 Å². The number of anilines is 2. The molecular weight excluding hydrogens is 242 g/mol. The molecule has 0 spiro atoms. The van der Waals surface area contributed by atoms with E-state index in [1.807, 2.05) is 6.07 Å². The summed E-state index contributed by atoms with van der Waals surface area (Å²) in [7, 11) is 0. The molecule has 19 heavy (non-hydrogen) atoms. The summed E-state index contributed by atoms with van der Waals surface area (Å²) in [6, 6.07) is 2.29. The van der Waals surface area contributed by atoms with Gasteiger partial charge in [-0.05, 0) is 13.8 Å². The highest BCUT2D eigenvalue weighted by Crippen LogP contribution is 2.10. The smallest absolute Gasteiger partial charge is 0.131 e. The Bertz CT molecular complexity index is 381. The topological polar surface area (TPSA) is 62.3 Å². The van der Waals surface area contributed by atoms with Crippen LogP contribution < -0.4 is 10.6 Å². The van der Waals surface area contributed by atoms with Gasteiger partial charge >= 0.3 is 0 Å². The van der Waals surface area contributed by atoms with E-state index in [9.17, 15) is 0 Å². The molecule has 1 aromatic heterocycles. The van der Waals surface area contributed by atoms with Crippen molar-refractivity contribution in [3.8, 4) is 0 Å². The molecule has 1 fully saturated rings. The van der Waals surface area contributed by atoms with Gasteiger partial charge in [0.15, 0.2) is 0 Å². The van der Waals surface area contributed by atoms with Crippen molar-refractivity contribution >= 4 is 11.6 Å². The van der Waals surface area contributed by atoms with Crippen LogP contribution in [-0.2, 0) is 4.74 Å². The van der Waals surface area contributed by atoms with E-state index in [2.05, 4.69) is 39.3 Å². The number of morpholine rings is 1. The lowest BCUT2D eigenvalue weighted by molar-refractivity contribution is 0.0368. The highest BCUT2D eigenvalue weighted by Gasteiger charge is 2.13. The van der Waals surface area contributed by atoms with Crippen molar-refractivity contribution in [3.05, 3.63) is 12.4 Å². The summed E-state index contributed by atoms with van der Waals surface area (Å²) in [5.41, 5.74) is 0. The van der Waals surface area contributed by atoms with Crippen molar-refractivity contribution in [2.45, 2.75) is 19.9 Å². The lowest BCUT2D eigenvalue weighted by Gasteiger charge is -2.29. The van der Waals surface area contributed by atoms with Crippen molar-refractivity contribution in [2.75, 3.05) is 50.0 Å². The Morgan fingerprint density at radius 2 is 2.05 bits per heavy atom. The van der Waals surface area contributed by atoms with Crippen molar-refractivity contribution in [2.24, 2.45) is 0 Å². The SMILES string of the molecule is CCNc1cc(NC(C)CN2CCOCC2)ncn1. The van der Waals surface area contributed by atoms with Crippen LogP contribution in [0.4, 0.5) is 11.6 Å². The molecule has 0 saturated carbocycles. The van der Waals surface area contributed by atoms with E-state index in [4.69, 9.17) is 4.74 Å². The number of nitrogens with zero attached hydrogens (tertiary/aromatic N) is 3. The Balaban J connectivity index is 1.83. The highest BCUT2D eigenvalue weighted by atomic mass is 16.5. The monoisotopic (exact) mass is 265 g/mol. The molecule has 0 aromatic carbocycles. The summed E-state index contributed by atoms with van der Waals surface area (Å²) in [6.07, 6.45) is 1.59. The van der Waals surface area contributed by atoms with E-state index in [0.717, 1.165) is 51.0 Å². The Labute approximate surface area is 114 Å². The van der Waals surface area contributed by atoms with Gasteiger partial charge in [-0.2, -0.15) is 0 Å². The van der Waals surface area contributed by atoms with Crippen molar-refractivity contribution < 1.29 is 4.74 Å². The minimum Gasteiger partial charge on any atom is -0.379 e. The molecule has 0 amide bonds. The molecular formula is C13H23N5O. The fraction of sp³-hybridized carbons (Fsp3) is 0.692. The lowest BCUT2D eigenvalue weighted by Crippen LogP contribution is -2.42. The molecule has 2 heterocycles. The van der Waals surface area contributed by atoms with Crippen LogP contribution in [0.2, 0.25) is 0 Å². The van der Waals surface area contributed by atoms with E-state index in [1.54, 1.807) is 6.33 Å². The first kappa shape index (κ1) is 14.0. The Morgan fingerprint density at radius 1 is 1.32 bits per heavy atom. The van der Waals surface area contributed by atoms with Crippen LogP contribution in [0, 0.1) is 0 Å². The van der Waals surface area contributed by atoms with Gasteiger partial charge < -0.3 is 15.4 Å². The fourth-order valence-electron chi connectivity index (χ4n) is 2.18. The predicted octanol–water partition coefficient (Wildman–Crippen LogP) is 1.04. The van der Waals surface area contributed by atoms with Crippen LogP contribution in [0.3, 0.4) is 0 Å². The summed E-state index contributed by atoms with van der Waals surface area (Å²) in [5.74, 6) is 1.73. The largest absolute Gasteiger partial charge is 0.379 e. The molecule has 106 valence electrons. The van der Waals surface area contributed by atoms with E-state index in [0.29, 0.717) is 6.04 Å². The molecule has 0 radical (unpaired) electrons. The molecule has 1 saturated heterocycles. The Kier molecular flexibility index (Phi) is 5.35. The van der Waals surface area contributed by atoms with Gasteiger partial charge in [-0.25, -0.2) is 9.97 Å². The van der Waals surface area contributed by atoms with Crippen LogP contribution in [-0.4, -0.2) is 60.3 Å². The number of aromatic nitrogens is 2. The fourth-order valence-corrected chi connectivity index (χ4v) is 2.18. The van der Waals surface area contributed by atoms with Crippen LogP contribution in [0.5, 0.6) is 0 Å². The Morgan fingerprint density at radius 3 is 2.79 bits per heavy atom. The van der Waals surface area contributed by atoms with Gasteiger partial charge in [0.25, 0.3) is 0 Å². The maximum absolute atomic E-state index is 5.35. The first-order valence-corrected chi connectivity index (χ1v) is 6.90. The number of nitrogens with one attached hydrogen (secondary N) is 2. The highest BCUT2D eigenvalue weighted by molar-refractivity contribution is 5.46. The third-order valence-electron chi connectivity index (χ3n) is 3.06. The third-order valence-corrected chi connectivity index (χ3v) is 3.06. The molecule has 1 aromatic rings. The van der Waals surface area contributed by atoms with Gasteiger partial charge in [0.2, 0.25) is 0 Å². The number of rotatable bonds is 6. The minimum absolute atomic E-state index is 0.350. The molecule has 6 heteroatoms. The molecule has 2 N–H and O–H groups in total. The number of hydrogen-bond donors (Lipinski definition) is 2. The first-order valence-electron chi connectivity index (χ1n) is 6.90. The summed E-state index contributed by atoms with van der Waals surface area (Å²) >= 11 is 0. The second kappa shape index (κ2) is 7.25. The van der Waals surface area contributed by atoms with Gasteiger partial charge in [-0.1, -0.05) is 0 Å². The van der Waals surface area contributed by atoms with Gasteiger partial charge in [-0.3, -0.25) is 4.90 Å². The zero-order chi connectivity index (χ0) is 13.5. The van der Waals surface area contributed by atoms with Gasteiger partial charge in [0, 0.05) is 38.3 Å². The molecule has 1 atom stereocenters. The van der Waals surface area contributed by atoms with Gasteiger partial charge in [0.05, 0.1) is 13.2 Å². The van der Waals surface area contributed by atoms with E-state index >= 15 is 0 Å². The lowest BCUT2D eigenvalue weighted by atomic mass is 10.3. The molecule has 2 rings (SSSR count). The van der Waals surface area contributed by atoms with E-state index in [1.165, 1.54) is 0 Å². The molecule has 1 unspecified atom stereocenters. The molecule has 1 aliphatic heterocycles. The zero-order valence-corrected chi connectivity index (χ0v) is 11.7. The minimum atomic E-state index is 0.350. The quantitative estimate of drug-likeness (QED) is 0.801. The van der Waals surface area contributed by atoms with Crippen LogP contribution in [0.1, 0.15) is 13.8 Å². The number of hydrogen-bond acceptors (Lipinski definition) is 6. The standard InChI is InChI=1S/C13H23N5O/c1-3-14-12-8-13(16-10-15-12)17-11(2)9-18-4-6-19-7-5-18/h8,10-11H,3-7,9H2,1-2H3,(H2,14,15,16,17). The molecule has 6 nitrogen and oxygen atoms in total. The summed E-state index contributed by atoms with van der Waals surface area (Å²) < 4.78 is 5.35. The first-order chi connectivity index (χ1) is 9.28. The van der Waals surface area contributed by atoms with Crippen LogP contribution >= 0.6 is 0 Å². The average molecular weight is 265 g/mol. The molecule has 0 bridgehead atoms. The van der Waals surface area contributed by atoms with Crippen molar-refractivity contribution in [1.29, 1.82) is 0 Å². The maximum Gasteiger partial charge on any atom is 0.131 e. The third kappa shape index (κ3) is 4.65. The maximum atomic E-state index is 5.35. The molecule has 1 aliphatic rings. The summed E-state index contributed by atoms with van der Waals surface area (Å²) in [6.45, 7) is 9.79. The van der Waals surface area contributed by atoms with Gasteiger partial charge in [0.1, 0.15) is 18.0 Å². The van der Waals surface area contributed by atoms with E-state index < -0.39 is 0 Å².